The molecule has 0 atom stereocenters. The number of nitrogens with zero attached hydrogens (tertiary/aromatic N) is 1. The van der Waals surface area contributed by atoms with Crippen LogP contribution in [0.5, 0.6) is 0 Å². The molecule has 6 nitrogen and oxygen atoms in total. The van der Waals surface area contributed by atoms with Gasteiger partial charge in [-0.3, -0.25) is 4.90 Å². The number of urea groups is 2. The molecule has 7 heteroatoms. The Morgan fingerprint density at radius 3 is 2.00 bits per heavy atom. The molecule has 0 saturated heterocycles. The largest absolute Gasteiger partial charge is 0.338 e. The van der Waals surface area contributed by atoms with Crippen LogP contribution < -0.4 is 20.9 Å². The maximum atomic E-state index is 13.5. The van der Waals surface area contributed by atoms with E-state index in [-0.39, 0.29) is 29.7 Å². The monoisotopic (exact) mass is 504 g/mol. The Hall–Kier alpha value is -3.87. The van der Waals surface area contributed by atoms with Crippen LogP contribution in [0.15, 0.2) is 66.7 Å². The molecule has 0 aromatic heterocycles. The molecule has 0 radical (unpaired) electrons. The number of aryl methyl sites for hydroxylation is 1. The number of amides is 4. The van der Waals surface area contributed by atoms with Gasteiger partial charge in [0.05, 0.1) is 0 Å². The van der Waals surface area contributed by atoms with Crippen molar-refractivity contribution >= 4 is 29.1 Å². The lowest BCUT2D eigenvalue weighted by atomic mass is 9.93. The van der Waals surface area contributed by atoms with Gasteiger partial charge < -0.3 is 16.0 Å². The van der Waals surface area contributed by atoms with Crippen molar-refractivity contribution in [2.24, 2.45) is 0 Å². The van der Waals surface area contributed by atoms with Gasteiger partial charge in [0.2, 0.25) is 0 Å². The maximum absolute atomic E-state index is 13.5. The number of nitrogens with one attached hydrogen (secondary N) is 3. The molecule has 196 valence electrons. The molecule has 0 fully saturated rings. The second-order valence-corrected chi connectivity index (χ2v) is 9.78. The first-order valence-corrected chi connectivity index (χ1v) is 12.7. The van der Waals surface area contributed by atoms with E-state index < -0.39 is 0 Å². The summed E-state index contributed by atoms with van der Waals surface area (Å²) in [6.07, 6.45) is 0.509. The molecule has 4 amide bonds. The highest BCUT2D eigenvalue weighted by atomic mass is 19.1. The number of carbonyl (C=O) groups excluding carboxylic acids is 2. The van der Waals surface area contributed by atoms with Crippen LogP contribution in [0.3, 0.4) is 0 Å². The predicted octanol–water partition coefficient (Wildman–Crippen LogP) is 7.63. The Kier molecular flexibility index (Phi) is 9.66. The smallest absolute Gasteiger partial charge is 0.326 e. The first-order valence-electron chi connectivity index (χ1n) is 12.7. The Balaban J connectivity index is 1.63. The molecular weight excluding hydrogens is 467 g/mol. The van der Waals surface area contributed by atoms with Crippen LogP contribution >= 0.6 is 0 Å². The molecule has 0 unspecified atom stereocenters. The van der Waals surface area contributed by atoms with E-state index in [0.717, 1.165) is 22.4 Å². The van der Waals surface area contributed by atoms with Gasteiger partial charge in [-0.2, -0.15) is 0 Å². The number of hydrogen-bond donors (Lipinski definition) is 3. The molecule has 0 aliphatic carbocycles. The highest BCUT2D eigenvalue weighted by Crippen LogP contribution is 2.32. The number of rotatable bonds is 9. The van der Waals surface area contributed by atoms with E-state index in [1.54, 1.807) is 17.0 Å². The van der Waals surface area contributed by atoms with Crippen molar-refractivity contribution < 1.29 is 14.0 Å². The molecule has 37 heavy (non-hydrogen) atoms. The van der Waals surface area contributed by atoms with Gasteiger partial charge in [0.25, 0.3) is 0 Å². The van der Waals surface area contributed by atoms with E-state index in [2.05, 4.69) is 43.6 Å². The molecule has 0 aliphatic heterocycles. The van der Waals surface area contributed by atoms with Crippen molar-refractivity contribution in [2.75, 3.05) is 28.6 Å². The summed E-state index contributed by atoms with van der Waals surface area (Å²) < 4.78 is 13.5. The fourth-order valence-electron chi connectivity index (χ4n) is 4.09. The molecule has 3 aromatic carbocycles. The minimum atomic E-state index is -0.372. The van der Waals surface area contributed by atoms with Crippen molar-refractivity contribution in [3.8, 4) is 0 Å². The second-order valence-electron chi connectivity index (χ2n) is 9.78. The van der Waals surface area contributed by atoms with Crippen LogP contribution in [0.4, 0.5) is 31.0 Å². The summed E-state index contributed by atoms with van der Waals surface area (Å²) in [4.78, 5) is 27.4. The summed E-state index contributed by atoms with van der Waals surface area (Å²) in [5.41, 5.74) is 5.38. The summed E-state index contributed by atoms with van der Waals surface area (Å²) in [5.74, 6) is 0.166. The third kappa shape index (κ3) is 7.81. The summed E-state index contributed by atoms with van der Waals surface area (Å²) in [5, 5.41) is 8.84. The lowest BCUT2D eigenvalue weighted by molar-refractivity contribution is 0.252. The number of para-hydroxylation sites is 1. The summed E-state index contributed by atoms with van der Waals surface area (Å²) in [6, 6.07) is 18.8. The number of hydrogen-bond acceptors (Lipinski definition) is 2. The quantitative estimate of drug-likeness (QED) is 0.262. The predicted molar refractivity (Wildman–Crippen MR) is 150 cm³/mol. The third-order valence-corrected chi connectivity index (χ3v) is 6.14. The SMILES string of the molecule is Cc1ccc(NC(=O)N(CCCNC(=O)Nc2c(C(C)C)cccc2C(C)C)c2ccc(F)cc2)cc1. The van der Waals surface area contributed by atoms with E-state index >= 15 is 0 Å². The average Bonchev–Trinajstić information content (AvgIpc) is 2.86. The van der Waals surface area contributed by atoms with Crippen molar-refractivity contribution in [2.45, 2.75) is 52.9 Å². The second kappa shape index (κ2) is 12.9. The van der Waals surface area contributed by atoms with E-state index in [4.69, 9.17) is 0 Å². The molecule has 3 aromatic rings. The summed E-state index contributed by atoms with van der Waals surface area (Å²) >= 11 is 0. The molecule has 3 rings (SSSR count). The minimum absolute atomic E-state index is 0.269. The molecule has 0 aliphatic rings. The van der Waals surface area contributed by atoms with Gasteiger partial charge in [-0.15, -0.1) is 0 Å². The Labute approximate surface area is 219 Å². The molecule has 0 saturated carbocycles. The maximum Gasteiger partial charge on any atom is 0.326 e. The molecule has 0 spiro atoms. The van der Waals surface area contributed by atoms with Gasteiger partial charge in [0, 0.05) is 30.2 Å². The van der Waals surface area contributed by atoms with Gasteiger partial charge in [0.1, 0.15) is 5.82 Å². The van der Waals surface area contributed by atoms with Gasteiger partial charge >= 0.3 is 12.1 Å². The fourth-order valence-corrected chi connectivity index (χ4v) is 4.09. The zero-order valence-electron chi connectivity index (χ0n) is 22.3. The number of anilines is 3. The van der Waals surface area contributed by atoms with Crippen LogP contribution in [-0.2, 0) is 0 Å². The first kappa shape index (κ1) is 27.7. The Morgan fingerprint density at radius 1 is 0.838 bits per heavy atom. The van der Waals surface area contributed by atoms with E-state index in [9.17, 15) is 14.0 Å². The minimum Gasteiger partial charge on any atom is -0.338 e. The third-order valence-electron chi connectivity index (χ3n) is 6.14. The number of carbonyl (C=O) groups is 2. The van der Waals surface area contributed by atoms with E-state index in [0.29, 0.717) is 30.9 Å². The summed E-state index contributed by atoms with van der Waals surface area (Å²) in [6.45, 7) is 11.1. The highest BCUT2D eigenvalue weighted by molar-refractivity contribution is 6.01. The van der Waals surface area contributed by atoms with Crippen molar-refractivity contribution in [1.82, 2.24) is 5.32 Å². The van der Waals surface area contributed by atoms with E-state index in [1.165, 1.54) is 12.1 Å². The van der Waals surface area contributed by atoms with Crippen LogP contribution in [0, 0.1) is 12.7 Å². The average molecular weight is 505 g/mol. The molecular formula is C30H37FN4O2. The molecule has 3 N–H and O–H groups in total. The first-order chi connectivity index (χ1) is 17.7. The van der Waals surface area contributed by atoms with E-state index in [1.807, 2.05) is 49.4 Å². The van der Waals surface area contributed by atoms with Crippen molar-refractivity contribution in [3.05, 3.63) is 89.2 Å². The topological polar surface area (TPSA) is 73.5 Å². The van der Waals surface area contributed by atoms with Gasteiger partial charge in [0.15, 0.2) is 0 Å². The zero-order chi connectivity index (χ0) is 26.9. The number of benzene rings is 3. The lowest BCUT2D eigenvalue weighted by Gasteiger charge is -2.24. The Morgan fingerprint density at radius 2 is 1.43 bits per heavy atom. The van der Waals surface area contributed by atoms with Gasteiger partial charge in [-0.05, 0) is 72.7 Å². The summed E-state index contributed by atoms with van der Waals surface area (Å²) in [7, 11) is 0. The highest BCUT2D eigenvalue weighted by Gasteiger charge is 2.18. The Bertz CT molecular complexity index is 1160. The van der Waals surface area contributed by atoms with Crippen LogP contribution in [0.25, 0.3) is 0 Å². The molecule has 0 bridgehead atoms. The lowest BCUT2D eigenvalue weighted by Crippen LogP contribution is -2.38. The van der Waals surface area contributed by atoms with Gasteiger partial charge in [-0.1, -0.05) is 63.6 Å². The standard InChI is InChI=1S/C30H37FN4O2/c1-20(2)26-8-6-9-27(21(3)4)28(26)34-29(36)32-18-7-19-35(25-16-12-23(31)13-17-25)30(37)33-24-14-10-22(5)11-15-24/h6,8-17,20-21H,7,18-19H2,1-5H3,(H,33,37)(H2,32,34,36). The fraction of sp³-hybridized carbons (Fsp3) is 0.333. The van der Waals surface area contributed by atoms with Crippen LogP contribution in [0.1, 0.15) is 62.6 Å². The van der Waals surface area contributed by atoms with Gasteiger partial charge in [-0.25, -0.2) is 14.0 Å². The zero-order valence-corrected chi connectivity index (χ0v) is 22.3. The normalized spacial score (nSPS) is 10.9. The number of halogens is 1. The van der Waals surface area contributed by atoms with Crippen molar-refractivity contribution in [3.63, 3.8) is 0 Å². The molecule has 0 heterocycles. The van der Waals surface area contributed by atoms with Crippen molar-refractivity contribution in [1.29, 1.82) is 0 Å². The van der Waals surface area contributed by atoms with Crippen LogP contribution in [0.2, 0.25) is 0 Å². The van der Waals surface area contributed by atoms with Crippen LogP contribution in [-0.4, -0.2) is 25.2 Å².